The molecule has 1 aliphatic carbocycles. The fourth-order valence-corrected chi connectivity index (χ4v) is 2.71. The van der Waals surface area contributed by atoms with Crippen molar-refractivity contribution >= 4 is 11.9 Å². The fraction of sp³-hybridized carbons (Fsp3) is 0.692. The van der Waals surface area contributed by atoms with E-state index in [1.807, 2.05) is 0 Å². The Hall–Kier alpha value is -1.92. The van der Waals surface area contributed by atoms with Crippen LogP contribution in [0.1, 0.15) is 44.3 Å². The molecule has 1 aromatic heterocycles. The Bertz CT molecular complexity index is 492. The first-order valence-corrected chi connectivity index (χ1v) is 6.86. The van der Waals surface area contributed by atoms with Crippen molar-refractivity contribution in [3.63, 3.8) is 0 Å². The van der Waals surface area contributed by atoms with Gasteiger partial charge in [-0.1, -0.05) is 19.3 Å². The molecule has 0 saturated heterocycles. The Kier molecular flexibility index (Phi) is 4.36. The lowest BCUT2D eigenvalue weighted by molar-refractivity contribution is -0.154. The summed E-state index contributed by atoms with van der Waals surface area (Å²) in [6.45, 7) is 0.269. The zero-order valence-corrected chi connectivity index (χ0v) is 11.6. The second-order valence-electron chi connectivity index (χ2n) is 5.46. The summed E-state index contributed by atoms with van der Waals surface area (Å²) in [5, 5.41) is 19.7. The average molecular weight is 280 g/mol. The molecular weight excluding hydrogens is 260 g/mol. The topological polar surface area (TPSA) is 97.1 Å². The molecular formula is C13H20N4O3. The lowest BCUT2D eigenvalue weighted by atomic mass is 9.71. The van der Waals surface area contributed by atoms with Crippen LogP contribution in [0.2, 0.25) is 0 Å². The highest BCUT2D eigenvalue weighted by Gasteiger charge is 2.41. The molecule has 1 aromatic rings. The highest BCUT2D eigenvalue weighted by Crippen LogP contribution is 2.39. The van der Waals surface area contributed by atoms with Crippen LogP contribution in [0.4, 0.5) is 0 Å². The van der Waals surface area contributed by atoms with Gasteiger partial charge < -0.3 is 15.0 Å². The Morgan fingerprint density at radius 2 is 2.10 bits per heavy atom. The van der Waals surface area contributed by atoms with Gasteiger partial charge in [-0.05, 0) is 12.8 Å². The van der Waals surface area contributed by atoms with E-state index in [0.717, 1.165) is 19.3 Å². The zero-order valence-electron chi connectivity index (χ0n) is 11.6. The Balaban J connectivity index is 1.92. The number of hydrogen-bond donors (Lipinski definition) is 2. The van der Waals surface area contributed by atoms with Gasteiger partial charge in [0.2, 0.25) is 5.91 Å². The number of amides is 1. The molecule has 7 nitrogen and oxygen atoms in total. The van der Waals surface area contributed by atoms with Crippen LogP contribution in [0.3, 0.4) is 0 Å². The van der Waals surface area contributed by atoms with Crippen LogP contribution in [0, 0.1) is 5.41 Å². The van der Waals surface area contributed by atoms with Gasteiger partial charge in [-0.25, -0.2) is 0 Å². The van der Waals surface area contributed by atoms with Crippen molar-refractivity contribution < 1.29 is 14.7 Å². The largest absolute Gasteiger partial charge is 0.481 e. The zero-order chi connectivity index (χ0) is 14.6. The van der Waals surface area contributed by atoms with Crippen LogP contribution in [-0.2, 0) is 23.2 Å². The maximum absolute atomic E-state index is 12.0. The van der Waals surface area contributed by atoms with Gasteiger partial charge in [-0.15, -0.1) is 10.2 Å². The number of aromatic nitrogens is 3. The third-order valence-corrected chi connectivity index (χ3v) is 4.01. The summed E-state index contributed by atoms with van der Waals surface area (Å²) in [6.07, 6.45) is 5.57. The van der Waals surface area contributed by atoms with Gasteiger partial charge in [0.15, 0.2) is 5.82 Å². The van der Waals surface area contributed by atoms with Gasteiger partial charge in [0, 0.05) is 13.5 Å². The normalized spacial score (nSPS) is 17.6. The molecule has 110 valence electrons. The van der Waals surface area contributed by atoms with Crippen molar-refractivity contribution in [1.82, 2.24) is 20.1 Å². The monoisotopic (exact) mass is 280 g/mol. The molecule has 7 heteroatoms. The van der Waals surface area contributed by atoms with Crippen molar-refractivity contribution in [2.24, 2.45) is 12.5 Å². The minimum Gasteiger partial charge on any atom is -0.481 e. The number of aryl methyl sites for hydroxylation is 1. The number of rotatable bonds is 5. The van der Waals surface area contributed by atoms with Crippen molar-refractivity contribution in [2.45, 2.75) is 45.1 Å². The van der Waals surface area contributed by atoms with Crippen LogP contribution in [0.15, 0.2) is 6.33 Å². The Morgan fingerprint density at radius 1 is 1.40 bits per heavy atom. The van der Waals surface area contributed by atoms with Gasteiger partial charge >= 0.3 is 5.97 Å². The van der Waals surface area contributed by atoms with E-state index >= 15 is 0 Å². The molecule has 1 fully saturated rings. The van der Waals surface area contributed by atoms with Crippen molar-refractivity contribution in [1.29, 1.82) is 0 Å². The van der Waals surface area contributed by atoms with Crippen molar-refractivity contribution in [3.8, 4) is 0 Å². The van der Waals surface area contributed by atoms with Crippen molar-refractivity contribution in [3.05, 3.63) is 12.2 Å². The maximum atomic E-state index is 12.0. The first-order chi connectivity index (χ1) is 9.53. The molecule has 0 aromatic carbocycles. The molecule has 20 heavy (non-hydrogen) atoms. The van der Waals surface area contributed by atoms with Gasteiger partial charge in [-0.3, -0.25) is 9.59 Å². The maximum Gasteiger partial charge on any atom is 0.310 e. The summed E-state index contributed by atoms with van der Waals surface area (Å²) < 4.78 is 1.72. The Morgan fingerprint density at radius 3 is 2.65 bits per heavy atom. The standard InChI is InChI=1S/C13H20N4O3/c1-17-9-15-16-10(17)8-14-11(18)7-13(12(19)20)5-3-2-4-6-13/h9H,2-8H2,1H3,(H,14,18)(H,19,20). The lowest BCUT2D eigenvalue weighted by Crippen LogP contribution is -2.39. The molecule has 0 unspecified atom stereocenters. The third kappa shape index (κ3) is 3.15. The first-order valence-electron chi connectivity index (χ1n) is 6.86. The quantitative estimate of drug-likeness (QED) is 0.833. The third-order valence-electron chi connectivity index (χ3n) is 4.01. The summed E-state index contributed by atoms with van der Waals surface area (Å²) in [5.74, 6) is -0.449. The van der Waals surface area contributed by atoms with E-state index in [-0.39, 0.29) is 18.9 Å². The molecule has 1 aliphatic rings. The molecule has 1 amide bonds. The predicted octanol–water partition coefficient (Wildman–Crippen LogP) is 0.856. The van der Waals surface area contributed by atoms with E-state index in [2.05, 4.69) is 15.5 Å². The van der Waals surface area contributed by atoms with E-state index in [1.54, 1.807) is 17.9 Å². The predicted molar refractivity (Wildman–Crippen MR) is 70.6 cm³/mol. The van der Waals surface area contributed by atoms with E-state index in [4.69, 9.17) is 0 Å². The number of carbonyl (C=O) groups excluding carboxylic acids is 1. The number of carbonyl (C=O) groups is 2. The smallest absolute Gasteiger partial charge is 0.310 e. The van der Waals surface area contributed by atoms with E-state index in [9.17, 15) is 14.7 Å². The highest BCUT2D eigenvalue weighted by atomic mass is 16.4. The SMILES string of the molecule is Cn1cnnc1CNC(=O)CC1(C(=O)O)CCCCC1. The molecule has 1 saturated carbocycles. The molecule has 0 radical (unpaired) electrons. The number of nitrogens with zero attached hydrogens (tertiary/aromatic N) is 3. The molecule has 1 heterocycles. The van der Waals surface area contributed by atoms with Crippen LogP contribution in [-0.4, -0.2) is 31.7 Å². The molecule has 0 bridgehead atoms. The van der Waals surface area contributed by atoms with Gasteiger partial charge in [0.25, 0.3) is 0 Å². The second-order valence-corrected chi connectivity index (χ2v) is 5.46. The highest BCUT2D eigenvalue weighted by molar-refractivity contribution is 5.85. The molecule has 0 aliphatic heterocycles. The Labute approximate surface area is 117 Å². The molecule has 0 spiro atoms. The number of aliphatic carboxylic acids is 1. The average Bonchev–Trinajstić information content (AvgIpc) is 2.83. The minimum absolute atomic E-state index is 0.0418. The summed E-state index contributed by atoms with van der Waals surface area (Å²) in [7, 11) is 1.79. The minimum atomic E-state index is -0.887. The summed E-state index contributed by atoms with van der Waals surface area (Å²) in [5.41, 5.74) is -0.887. The molecule has 2 rings (SSSR count). The number of nitrogens with one attached hydrogen (secondary N) is 1. The van der Waals surface area contributed by atoms with Gasteiger partial charge in [0.1, 0.15) is 6.33 Å². The number of carboxylic acids is 1. The van der Waals surface area contributed by atoms with Gasteiger partial charge in [0.05, 0.1) is 12.0 Å². The molecule has 0 atom stereocenters. The second kappa shape index (κ2) is 6.02. The van der Waals surface area contributed by atoms with Gasteiger partial charge in [-0.2, -0.15) is 0 Å². The fourth-order valence-electron chi connectivity index (χ4n) is 2.71. The number of carboxylic acid groups (broad SMARTS) is 1. The van der Waals surface area contributed by atoms with Crippen LogP contribution < -0.4 is 5.32 Å². The van der Waals surface area contributed by atoms with E-state index < -0.39 is 11.4 Å². The van der Waals surface area contributed by atoms with Crippen LogP contribution in [0.5, 0.6) is 0 Å². The first kappa shape index (κ1) is 14.5. The number of hydrogen-bond acceptors (Lipinski definition) is 4. The van der Waals surface area contributed by atoms with E-state index in [1.165, 1.54) is 0 Å². The van der Waals surface area contributed by atoms with Crippen LogP contribution in [0.25, 0.3) is 0 Å². The van der Waals surface area contributed by atoms with Crippen molar-refractivity contribution in [2.75, 3.05) is 0 Å². The van der Waals surface area contributed by atoms with Crippen LogP contribution >= 0.6 is 0 Å². The molecule has 2 N–H and O–H groups in total. The summed E-state index contributed by atoms with van der Waals surface area (Å²) in [6, 6.07) is 0. The summed E-state index contributed by atoms with van der Waals surface area (Å²) >= 11 is 0. The van der Waals surface area contributed by atoms with E-state index in [0.29, 0.717) is 18.7 Å². The lowest BCUT2D eigenvalue weighted by Gasteiger charge is -2.32. The summed E-state index contributed by atoms with van der Waals surface area (Å²) in [4.78, 5) is 23.5.